The topological polar surface area (TPSA) is 61.0 Å². The maximum absolute atomic E-state index is 13.5. The third kappa shape index (κ3) is 2.68. The highest BCUT2D eigenvalue weighted by atomic mass is 19.1. The summed E-state index contributed by atoms with van der Waals surface area (Å²) in [4.78, 5) is 0. The Balaban J connectivity index is 2.43. The SMILES string of the molecule is Cc1nnc(Oc2cc(F)ccc2F)c(CN)c1C. The van der Waals surface area contributed by atoms with Crippen LogP contribution in [-0.4, -0.2) is 10.2 Å². The average molecular weight is 265 g/mol. The van der Waals surface area contributed by atoms with Crippen molar-refractivity contribution < 1.29 is 13.5 Å². The molecule has 2 aromatic rings. The first-order chi connectivity index (χ1) is 9.02. The minimum absolute atomic E-state index is 0.0927. The van der Waals surface area contributed by atoms with Crippen LogP contribution in [-0.2, 0) is 6.54 Å². The van der Waals surface area contributed by atoms with Gasteiger partial charge in [-0.15, -0.1) is 5.10 Å². The molecule has 19 heavy (non-hydrogen) atoms. The Kier molecular flexibility index (Phi) is 3.71. The molecule has 2 rings (SSSR count). The molecule has 0 spiro atoms. The van der Waals surface area contributed by atoms with Crippen molar-refractivity contribution in [2.75, 3.05) is 0 Å². The number of ether oxygens (including phenoxy) is 1. The zero-order valence-electron chi connectivity index (χ0n) is 10.6. The first-order valence-electron chi connectivity index (χ1n) is 5.68. The summed E-state index contributed by atoms with van der Waals surface area (Å²) < 4.78 is 31.8. The van der Waals surface area contributed by atoms with Crippen molar-refractivity contribution in [3.8, 4) is 11.6 Å². The van der Waals surface area contributed by atoms with E-state index >= 15 is 0 Å². The van der Waals surface area contributed by atoms with E-state index in [1.54, 1.807) is 6.92 Å². The molecule has 0 aliphatic carbocycles. The number of aromatic nitrogens is 2. The van der Waals surface area contributed by atoms with Crippen LogP contribution < -0.4 is 10.5 Å². The summed E-state index contributed by atoms with van der Waals surface area (Å²) in [6.07, 6.45) is 0. The van der Waals surface area contributed by atoms with Crippen LogP contribution in [0.5, 0.6) is 11.6 Å². The molecule has 0 fully saturated rings. The molecule has 0 atom stereocenters. The van der Waals surface area contributed by atoms with E-state index in [4.69, 9.17) is 10.5 Å². The number of halogens is 2. The van der Waals surface area contributed by atoms with Crippen molar-refractivity contribution in [1.82, 2.24) is 10.2 Å². The molecule has 0 aliphatic heterocycles. The molecule has 0 amide bonds. The molecule has 2 N–H and O–H groups in total. The van der Waals surface area contributed by atoms with Crippen LogP contribution >= 0.6 is 0 Å². The third-order valence-electron chi connectivity index (χ3n) is 2.85. The van der Waals surface area contributed by atoms with Crippen LogP contribution in [0, 0.1) is 25.5 Å². The monoisotopic (exact) mass is 265 g/mol. The van der Waals surface area contributed by atoms with Gasteiger partial charge in [0, 0.05) is 18.2 Å². The van der Waals surface area contributed by atoms with Crippen LogP contribution in [0.2, 0.25) is 0 Å². The van der Waals surface area contributed by atoms with Crippen molar-refractivity contribution in [3.63, 3.8) is 0 Å². The predicted molar refractivity (Wildman–Crippen MR) is 65.8 cm³/mol. The number of nitrogens with zero attached hydrogens (tertiary/aromatic N) is 2. The third-order valence-corrected chi connectivity index (χ3v) is 2.85. The van der Waals surface area contributed by atoms with Crippen molar-refractivity contribution in [2.24, 2.45) is 5.73 Å². The van der Waals surface area contributed by atoms with Gasteiger partial charge in [-0.3, -0.25) is 0 Å². The van der Waals surface area contributed by atoms with E-state index in [0.717, 1.165) is 23.8 Å². The molecule has 0 unspecified atom stereocenters. The van der Waals surface area contributed by atoms with Crippen LogP contribution in [0.25, 0.3) is 0 Å². The maximum Gasteiger partial charge on any atom is 0.243 e. The minimum atomic E-state index is -0.676. The van der Waals surface area contributed by atoms with Gasteiger partial charge in [-0.05, 0) is 31.5 Å². The largest absolute Gasteiger partial charge is 0.434 e. The molecular formula is C13H13F2N3O. The van der Waals surface area contributed by atoms with E-state index in [2.05, 4.69) is 10.2 Å². The molecule has 1 heterocycles. The zero-order chi connectivity index (χ0) is 14.0. The fraction of sp³-hybridized carbons (Fsp3) is 0.231. The van der Waals surface area contributed by atoms with E-state index < -0.39 is 11.6 Å². The average Bonchev–Trinajstić information content (AvgIpc) is 2.38. The highest BCUT2D eigenvalue weighted by Gasteiger charge is 2.14. The van der Waals surface area contributed by atoms with Crippen LogP contribution in [0.4, 0.5) is 8.78 Å². The Hall–Kier alpha value is -2.08. The Morgan fingerprint density at radius 2 is 1.95 bits per heavy atom. The van der Waals surface area contributed by atoms with Gasteiger partial charge in [-0.25, -0.2) is 8.78 Å². The second kappa shape index (κ2) is 5.27. The lowest BCUT2D eigenvalue weighted by molar-refractivity contribution is 0.411. The molecular weight excluding hydrogens is 252 g/mol. The molecule has 0 saturated heterocycles. The van der Waals surface area contributed by atoms with Crippen molar-refractivity contribution in [3.05, 3.63) is 46.7 Å². The van der Waals surface area contributed by atoms with Gasteiger partial charge in [0.15, 0.2) is 11.6 Å². The van der Waals surface area contributed by atoms with E-state index in [1.807, 2.05) is 6.92 Å². The van der Waals surface area contributed by atoms with Crippen LogP contribution in [0.1, 0.15) is 16.8 Å². The molecule has 0 saturated carbocycles. The van der Waals surface area contributed by atoms with Crippen molar-refractivity contribution in [2.45, 2.75) is 20.4 Å². The molecule has 1 aromatic carbocycles. The standard InChI is InChI=1S/C13H13F2N3O/c1-7-8(2)17-18-13(10(7)6-16)19-12-5-9(14)3-4-11(12)15/h3-5H,6,16H2,1-2H3. The normalized spacial score (nSPS) is 10.6. The van der Waals surface area contributed by atoms with E-state index in [9.17, 15) is 8.78 Å². The van der Waals surface area contributed by atoms with Gasteiger partial charge in [0.05, 0.1) is 5.69 Å². The second-order valence-corrected chi connectivity index (χ2v) is 4.08. The minimum Gasteiger partial charge on any atom is -0.434 e. The Morgan fingerprint density at radius 3 is 2.63 bits per heavy atom. The summed E-state index contributed by atoms with van der Waals surface area (Å²) in [6.45, 7) is 3.78. The summed E-state index contributed by atoms with van der Waals surface area (Å²) in [6, 6.07) is 2.95. The lowest BCUT2D eigenvalue weighted by atomic mass is 10.1. The first kappa shape index (κ1) is 13.4. The quantitative estimate of drug-likeness (QED) is 0.926. The zero-order valence-corrected chi connectivity index (χ0v) is 10.6. The Labute approximate surface area is 109 Å². The van der Waals surface area contributed by atoms with E-state index in [-0.39, 0.29) is 18.2 Å². The smallest absolute Gasteiger partial charge is 0.243 e. The highest BCUT2D eigenvalue weighted by molar-refractivity contribution is 5.38. The first-order valence-corrected chi connectivity index (χ1v) is 5.68. The molecule has 0 bridgehead atoms. The predicted octanol–water partition coefficient (Wildman–Crippen LogP) is 2.62. The lowest BCUT2D eigenvalue weighted by Gasteiger charge is -2.12. The molecule has 6 heteroatoms. The molecule has 0 aliphatic rings. The van der Waals surface area contributed by atoms with Gasteiger partial charge in [-0.2, -0.15) is 5.10 Å². The van der Waals surface area contributed by atoms with Gasteiger partial charge < -0.3 is 10.5 Å². The summed E-state index contributed by atoms with van der Waals surface area (Å²) in [5.41, 5.74) is 7.79. The molecule has 100 valence electrons. The Bertz CT molecular complexity index is 617. The maximum atomic E-state index is 13.5. The van der Waals surface area contributed by atoms with Gasteiger partial charge in [0.1, 0.15) is 5.82 Å². The van der Waals surface area contributed by atoms with E-state index in [1.165, 1.54) is 0 Å². The number of nitrogens with two attached hydrogens (primary N) is 1. The summed E-state index contributed by atoms with van der Waals surface area (Å²) in [5, 5.41) is 7.72. The number of rotatable bonds is 3. The number of hydrogen-bond donors (Lipinski definition) is 1. The van der Waals surface area contributed by atoms with Gasteiger partial charge >= 0.3 is 0 Å². The summed E-state index contributed by atoms with van der Waals surface area (Å²) >= 11 is 0. The van der Waals surface area contributed by atoms with Crippen LogP contribution in [0.3, 0.4) is 0 Å². The van der Waals surface area contributed by atoms with Gasteiger partial charge in [-0.1, -0.05) is 0 Å². The van der Waals surface area contributed by atoms with Gasteiger partial charge in [0.25, 0.3) is 0 Å². The van der Waals surface area contributed by atoms with E-state index in [0.29, 0.717) is 11.3 Å². The number of aryl methyl sites for hydroxylation is 1. The molecule has 1 aromatic heterocycles. The summed E-state index contributed by atoms with van der Waals surface area (Å²) in [5.74, 6) is -1.42. The van der Waals surface area contributed by atoms with Gasteiger partial charge in [0.2, 0.25) is 5.88 Å². The number of benzene rings is 1. The van der Waals surface area contributed by atoms with Crippen molar-refractivity contribution >= 4 is 0 Å². The fourth-order valence-electron chi connectivity index (χ4n) is 1.62. The Morgan fingerprint density at radius 1 is 1.21 bits per heavy atom. The summed E-state index contributed by atoms with van der Waals surface area (Å²) in [7, 11) is 0. The molecule has 0 radical (unpaired) electrons. The second-order valence-electron chi connectivity index (χ2n) is 4.08. The highest BCUT2D eigenvalue weighted by Crippen LogP contribution is 2.27. The molecule has 4 nitrogen and oxygen atoms in total. The fourth-order valence-corrected chi connectivity index (χ4v) is 1.62. The lowest BCUT2D eigenvalue weighted by Crippen LogP contribution is -2.07. The van der Waals surface area contributed by atoms with Crippen LogP contribution in [0.15, 0.2) is 18.2 Å². The number of hydrogen-bond acceptors (Lipinski definition) is 4. The van der Waals surface area contributed by atoms with Crippen molar-refractivity contribution in [1.29, 1.82) is 0 Å².